The molecular weight excluding hydrogens is 324 g/mol. The van der Waals surface area contributed by atoms with Crippen LogP contribution in [0.4, 0.5) is 5.13 Å². The van der Waals surface area contributed by atoms with Crippen LogP contribution in [-0.2, 0) is 4.79 Å². The van der Waals surface area contributed by atoms with Gasteiger partial charge in [0.15, 0.2) is 4.34 Å². The lowest BCUT2D eigenvalue weighted by Gasteiger charge is -2.06. The summed E-state index contributed by atoms with van der Waals surface area (Å²) in [6.07, 6.45) is 3.08. The number of nitrogens with zero attached hydrogens (tertiary/aromatic N) is 3. The van der Waals surface area contributed by atoms with Crippen molar-refractivity contribution >= 4 is 40.0 Å². The first-order valence-corrected chi connectivity index (χ1v) is 8.12. The molecule has 4 N–H and O–H groups in total. The van der Waals surface area contributed by atoms with Crippen molar-refractivity contribution < 1.29 is 9.59 Å². The molecule has 0 aromatic carbocycles. The summed E-state index contributed by atoms with van der Waals surface area (Å²) in [4.78, 5) is 27.2. The number of hydrogen-bond donors (Lipinski definition) is 3. The van der Waals surface area contributed by atoms with E-state index in [4.69, 9.17) is 5.73 Å². The van der Waals surface area contributed by atoms with Gasteiger partial charge in [-0.1, -0.05) is 23.1 Å². The summed E-state index contributed by atoms with van der Waals surface area (Å²) in [7, 11) is 0. The first kappa shape index (κ1) is 16.2. The molecule has 0 radical (unpaired) electrons. The highest BCUT2D eigenvalue weighted by molar-refractivity contribution is 8.01. The van der Waals surface area contributed by atoms with Crippen LogP contribution in [0.25, 0.3) is 0 Å². The van der Waals surface area contributed by atoms with Crippen LogP contribution in [0.3, 0.4) is 0 Å². The van der Waals surface area contributed by atoms with Crippen LogP contribution in [0.2, 0.25) is 0 Å². The van der Waals surface area contributed by atoms with Crippen LogP contribution in [0.15, 0.2) is 28.9 Å². The lowest BCUT2D eigenvalue weighted by Crippen LogP contribution is -2.35. The normalized spacial score (nSPS) is 10.2. The third kappa shape index (κ3) is 5.30. The summed E-state index contributed by atoms with van der Waals surface area (Å²) < 4.78 is 0.650. The monoisotopic (exact) mass is 338 g/mol. The Morgan fingerprint density at radius 1 is 1.27 bits per heavy atom. The first-order valence-electron chi connectivity index (χ1n) is 6.32. The molecule has 0 bridgehead atoms. The van der Waals surface area contributed by atoms with Gasteiger partial charge in [-0.05, 0) is 12.1 Å². The quantitative estimate of drug-likeness (QED) is 0.485. The highest BCUT2D eigenvalue weighted by Gasteiger charge is 2.07. The summed E-state index contributed by atoms with van der Waals surface area (Å²) in [6, 6.07) is 3.36. The summed E-state index contributed by atoms with van der Waals surface area (Å²) >= 11 is 2.50. The standard InChI is InChI=1S/C12H14N6O2S2/c13-11-17-18-12(22-11)21-7-9(19)15-4-5-16-10(20)8-2-1-3-14-6-8/h1-3,6H,4-5,7H2,(H2,13,17)(H,15,19)(H,16,20). The van der Waals surface area contributed by atoms with Crippen molar-refractivity contribution in [3.63, 3.8) is 0 Å². The molecule has 0 saturated heterocycles. The van der Waals surface area contributed by atoms with Crippen LogP contribution < -0.4 is 16.4 Å². The molecule has 0 aliphatic carbocycles. The van der Waals surface area contributed by atoms with E-state index in [0.717, 1.165) is 0 Å². The Bertz CT molecular complexity index is 634. The van der Waals surface area contributed by atoms with Gasteiger partial charge in [-0.2, -0.15) is 0 Å². The van der Waals surface area contributed by atoms with E-state index >= 15 is 0 Å². The fraction of sp³-hybridized carbons (Fsp3) is 0.250. The van der Waals surface area contributed by atoms with Crippen molar-refractivity contribution in [2.45, 2.75) is 4.34 Å². The second-order valence-electron chi connectivity index (χ2n) is 4.04. The van der Waals surface area contributed by atoms with Gasteiger partial charge in [-0.25, -0.2) is 0 Å². The van der Waals surface area contributed by atoms with Crippen molar-refractivity contribution in [2.75, 3.05) is 24.6 Å². The average molecular weight is 338 g/mol. The Balaban J connectivity index is 1.60. The second kappa shape index (κ2) is 8.29. The Morgan fingerprint density at radius 3 is 2.77 bits per heavy atom. The molecule has 2 aromatic heterocycles. The maximum atomic E-state index is 11.7. The SMILES string of the molecule is Nc1nnc(SCC(=O)NCCNC(=O)c2cccnc2)s1. The Labute approximate surface area is 134 Å². The predicted molar refractivity (Wildman–Crippen MR) is 84.6 cm³/mol. The Morgan fingerprint density at radius 2 is 2.09 bits per heavy atom. The largest absolute Gasteiger partial charge is 0.374 e. The fourth-order valence-corrected chi connectivity index (χ4v) is 2.90. The van der Waals surface area contributed by atoms with Crippen LogP contribution in [-0.4, -0.2) is 45.8 Å². The maximum absolute atomic E-state index is 11.7. The molecule has 8 nitrogen and oxygen atoms in total. The predicted octanol–water partition coefficient (Wildman–Crippen LogP) is 0.154. The van der Waals surface area contributed by atoms with Gasteiger partial charge in [0, 0.05) is 25.5 Å². The molecule has 2 heterocycles. The molecular formula is C12H14N6O2S2. The van der Waals surface area contributed by atoms with E-state index < -0.39 is 0 Å². The van der Waals surface area contributed by atoms with Crippen LogP contribution in [0, 0.1) is 0 Å². The van der Waals surface area contributed by atoms with Crippen LogP contribution in [0.1, 0.15) is 10.4 Å². The number of thioether (sulfide) groups is 1. The molecule has 2 rings (SSSR count). The van der Waals surface area contributed by atoms with Gasteiger partial charge in [0.25, 0.3) is 5.91 Å². The number of anilines is 1. The zero-order valence-corrected chi connectivity index (χ0v) is 13.1. The number of nitrogens with one attached hydrogen (secondary N) is 2. The van der Waals surface area contributed by atoms with Crippen LogP contribution >= 0.6 is 23.1 Å². The van der Waals surface area contributed by atoms with Crippen molar-refractivity contribution in [2.24, 2.45) is 0 Å². The lowest BCUT2D eigenvalue weighted by atomic mass is 10.3. The van der Waals surface area contributed by atoms with E-state index in [1.54, 1.807) is 18.3 Å². The Hall–Kier alpha value is -2.20. The average Bonchev–Trinajstić information content (AvgIpc) is 2.96. The van der Waals surface area contributed by atoms with E-state index in [9.17, 15) is 9.59 Å². The molecule has 10 heteroatoms. The molecule has 0 atom stereocenters. The number of hydrogen-bond acceptors (Lipinski definition) is 8. The lowest BCUT2D eigenvalue weighted by molar-refractivity contribution is -0.118. The van der Waals surface area contributed by atoms with Crippen molar-refractivity contribution in [3.05, 3.63) is 30.1 Å². The maximum Gasteiger partial charge on any atom is 0.252 e. The van der Waals surface area contributed by atoms with E-state index in [1.807, 2.05) is 0 Å². The van der Waals surface area contributed by atoms with Crippen LogP contribution in [0.5, 0.6) is 0 Å². The number of aromatic nitrogens is 3. The molecule has 0 aliphatic heterocycles. The molecule has 2 amide bonds. The third-order valence-electron chi connectivity index (χ3n) is 2.41. The summed E-state index contributed by atoms with van der Waals surface area (Å²) in [5, 5.41) is 13.2. The first-order chi connectivity index (χ1) is 10.6. The van der Waals surface area contributed by atoms with Gasteiger partial charge in [-0.15, -0.1) is 10.2 Å². The summed E-state index contributed by atoms with van der Waals surface area (Å²) in [5.74, 6) is -0.138. The third-order valence-corrected chi connectivity index (χ3v) is 4.29. The molecule has 116 valence electrons. The molecule has 2 aromatic rings. The molecule has 0 unspecified atom stereocenters. The van der Waals surface area contributed by atoms with Gasteiger partial charge < -0.3 is 16.4 Å². The van der Waals surface area contributed by atoms with Gasteiger partial charge in [0.1, 0.15) is 0 Å². The topological polar surface area (TPSA) is 123 Å². The minimum absolute atomic E-state index is 0.144. The fourth-order valence-electron chi connectivity index (χ4n) is 1.43. The highest BCUT2D eigenvalue weighted by atomic mass is 32.2. The van der Waals surface area contributed by atoms with Gasteiger partial charge in [0.2, 0.25) is 11.0 Å². The van der Waals surface area contributed by atoms with E-state index in [1.165, 1.54) is 29.3 Å². The molecule has 0 fully saturated rings. The number of pyridine rings is 1. The van der Waals surface area contributed by atoms with E-state index in [0.29, 0.717) is 28.1 Å². The van der Waals surface area contributed by atoms with Gasteiger partial charge >= 0.3 is 0 Å². The van der Waals surface area contributed by atoms with Crippen molar-refractivity contribution in [1.29, 1.82) is 0 Å². The van der Waals surface area contributed by atoms with Crippen molar-refractivity contribution in [1.82, 2.24) is 25.8 Å². The molecule has 0 spiro atoms. The number of carbonyl (C=O) groups is 2. The minimum atomic E-state index is -0.221. The number of nitrogens with two attached hydrogens (primary N) is 1. The molecule has 0 aliphatic rings. The molecule has 0 saturated carbocycles. The van der Waals surface area contributed by atoms with Gasteiger partial charge in [-0.3, -0.25) is 14.6 Å². The van der Waals surface area contributed by atoms with E-state index in [2.05, 4.69) is 25.8 Å². The highest BCUT2D eigenvalue weighted by Crippen LogP contribution is 2.22. The summed E-state index contributed by atoms with van der Waals surface area (Å²) in [5.41, 5.74) is 5.93. The number of rotatable bonds is 7. The van der Waals surface area contributed by atoms with E-state index in [-0.39, 0.29) is 17.6 Å². The molecule has 22 heavy (non-hydrogen) atoms. The second-order valence-corrected chi connectivity index (χ2v) is 6.27. The Kier molecular flexibility index (Phi) is 6.10. The van der Waals surface area contributed by atoms with Crippen molar-refractivity contribution in [3.8, 4) is 0 Å². The number of carbonyl (C=O) groups excluding carboxylic acids is 2. The number of nitrogen functional groups attached to an aromatic ring is 1. The van der Waals surface area contributed by atoms with Gasteiger partial charge in [0.05, 0.1) is 11.3 Å². The number of amides is 2. The smallest absolute Gasteiger partial charge is 0.252 e. The summed E-state index contributed by atoms with van der Waals surface area (Å²) in [6.45, 7) is 0.694. The zero-order valence-electron chi connectivity index (χ0n) is 11.5. The minimum Gasteiger partial charge on any atom is -0.374 e. The zero-order chi connectivity index (χ0) is 15.8.